The smallest absolute Gasteiger partial charge is 0.197 e. The van der Waals surface area contributed by atoms with E-state index in [4.69, 9.17) is 0 Å². The molecule has 4 nitrogen and oxygen atoms in total. The molecular formula is C11H11N2O2S+. The average Bonchev–Trinajstić information content (AvgIpc) is 2.31. The van der Waals surface area contributed by atoms with E-state index < -0.39 is 10.0 Å². The van der Waals surface area contributed by atoms with Crippen molar-refractivity contribution in [2.24, 2.45) is 0 Å². The van der Waals surface area contributed by atoms with Gasteiger partial charge in [0.05, 0.1) is 4.90 Å². The van der Waals surface area contributed by atoms with Crippen molar-refractivity contribution in [2.45, 2.75) is 4.90 Å². The second kappa shape index (κ2) is 4.32. The van der Waals surface area contributed by atoms with Gasteiger partial charge in [-0.1, -0.05) is 33.8 Å². The summed E-state index contributed by atoms with van der Waals surface area (Å²) in [6.45, 7) is 0. The van der Waals surface area contributed by atoms with Crippen molar-refractivity contribution < 1.29 is 13.1 Å². The fourth-order valence-electron chi connectivity index (χ4n) is 1.25. The molecule has 0 amide bonds. The van der Waals surface area contributed by atoms with Gasteiger partial charge in [0.2, 0.25) is 12.4 Å². The van der Waals surface area contributed by atoms with E-state index in [0.717, 1.165) is 0 Å². The monoisotopic (exact) mass is 235 g/mol. The Bertz CT molecular complexity index is 553. The predicted molar refractivity (Wildman–Crippen MR) is 59.6 cm³/mol. The zero-order valence-electron chi connectivity index (χ0n) is 8.45. The van der Waals surface area contributed by atoms with Gasteiger partial charge in [-0.2, -0.15) is 8.42 Å². The molecule has 0 atom stereocenters. The largest absolute Gasteiger partial charge is 0.306 e. The summed E-state index contributed by atoms with van der Waals surface area (Å²) in [4.78, 5) is 2.67. The summed E-state index contributed by atoms with van der Waals surface area (Å²) in [5, 5.41) is 0. The van der Waals surface area contributed by atoms with Crippen molar-refractivity contribution in [1.29, 1.82) is 0 Å². The summed E-state index contributed by atoms with van der Waals surface area (Å²) in [6, 6.07) is 13.5. The molecule has 1 aromatic heterocycles. The number of hydrogen-bond acceptors (Lipinski definition) is 2. The molecule has 2 rings (SSSR count). The Hall–Kier alpha value is -1.88. The Balaban J connectivity index is 2.29. The number of aromatic nitrogens is 1. The minimum atomic E-state index is -3.50. The SMILES string of the molecule is O=S(=O)(N[n+]1ccccc1)c1ccccc1. The maximum absolute atomic E-state index is 11.9. The fourth-order valence-corrected chi connectivity index (χ4v) is 2.27. The van der Waals surface area contributed by atoms with E-state index in [9.17, 15) is 8.42 Å². The molecule has 16 heavy (non-hydrogen) atoms. The van der Waals surface area contributed by atoms with E-state index in [2.05, 4.69) is 4.83 Å². The first-order valence-electron chi connectivity index (χ1n) is 4.73. The molecule has 2 aromatic rings. The van der Waals surface area contributed by atoms with Crippen LogP contribution in [0.1, 0.15) is 0 Å². The molecule has 0 saturated carbocycles. The zero-order valence-corrected chi connectivity index (χ0v) is 9.26. The number of pyridine rings is 1. The van der Waals surface area contributed by atoms with Gasteiger partial charge in [0, 0.05) is 12.1 Å². The minimum Gasteiger partial charge on any atom is -0.197 e. The number of rotatable bonds is 3. The first-order valence-corrected chi connectivity index (χ1v) is 6.21. The molecule has 0 unspecified atom stereocenters. The van der Waals surface area contributed by atoms with Crippen LogP contribution in [-0.4, -0.2) is 8.42 Å². The molecule has 0 radical (unpaired) electrons. The lowest BCUT2D eigenvalue weighted by atomic mass is 10.4. The van der Waals surface area contributed by atoms with E-state index >= 15 is 0 Å². The Labute approximate surface area is 94.2 Å². The summed E-state index contributed by atoms with van der Waals surface area (Å²) in [7, 11) is -3.50. The quantitative estimate of drug-likeness (QED) is 0.804. The van der Waals surface area contributed by atoms with Crippen molar-refractivity contribution >= 4 is 10.0 Å². The first-order chi connectivity index (χ1) is 7.68. The van der Waals surface area contributed by atoms with Gasteiger partial charge in [0.1, 0.15) is 0 Å². The number of nitrogens with one attached hydrogen (secondary N) is 1. The molecule has 1 aromatic carbocycles. The topological polar surface area (TPSA) is 50.1 Å². The van der Waals surface area contributed by atoms with Crippen molar-refractivity contribution in [3.05, 3.63) is 60.9 Å². The van der Waals surface area contributed by atoms with Crippen LogP contribution >= 0.6 is 0 Å². The second-order valence-corrected chi connectivity index (χ2v) is 4.85. The van der Waals surface area contributed by atoms with Crippen LogP contribution in [0, 0.1) is 0 Å². The molecule has 1 heterocycles. The number of nitrogens with zero attached hydrogens (tertiary/aromatic N) is 1. The van der Waals surface area contributed by atoms with Gasteiger partial charge in [0.15, 0.2) is 0 Å². The van der Waals surface area contributed by atoms with E-state index in [1.807, 2.05) is 6.07 Å². The van der Waals surface area contributed by atoms with Gasteiger partial charge in [-0.3, -0.25) is 0 Å². The van der Waals surface area contributed by atoms with Crippen molar-refractivity contribution in [1.82, 2.24) is 0 Å². The van der Waals surface area contributed by atoms with Crippen LogP contribution in [-0.2, 0) is 10.0 Å². The highest BCUT2D eigenvalue weighted by Gasteiger charge is 2.16. The molecule has 0 saturated heterocycles. The molecule has 0 aliphatic carbocycles. The molecule has 1 N–H and O–H groups in total. The van der Waals surface area contributed by atoms with Crippen LogP contribution in [0.2, 0.25) is 0 Å². The lowest BCUT2D eigenvalue weighted by molar-refractivity contribution is -0.636. The first kappa shape index (κ1) is 10.6. The van der Waals surface area contributed by atoms with Crippen LogP contribution in [0.4, 0.5) is 0 Å². The van der Waals surface area contributed by atoms with Crippen LogP contribution in [0.15, 0.2) is 65.8 Å². The predicted octanol–water partition coefficient (Wildman–Crippen LogP) is 0.906. The van der Waals surface area contributed by atoms with E-state index in [0.29, 0.717) is 0 Å². The lowest BCUT2D eigenvalue weighted by Gasteiger charge is -2.01. The minimum absolute atomic E-state index is 0.242. The molecule has 0 aliphatic heterocycles. The van der Waals surface area contributed by atoms with E-state index in [-0.39, 0.29) is 4.90 Å². The highest BCUT2D eigenvalue weighted by molar-refractivity contribution is 7.92. The molecular weight excluding hydrogens is 224 g/mol. The van der Waals surface area contributed by atoms with Crippen molar-refractivity contribution in [3.63, 3.8) is 0 Å². The lowest BCUT2D eigenvalue weighted by Crippen LogP contribution is -2.47. The number of sulfonamides is 1. The van der Waals surface area contributed by atoms with Gasteiger partial charge in [-0.15, -0.1) is 0 Å². The average molecular weight is 235 g/mol. The van der Waals surface area contributed by atoms with Gasteiger partial charge in [-0.25, -0.2) is 0 Å². The van der Waals surface area contributed by atoms with Gasteiger partial charge in [-0.05, 0) is 12.1 Å². The Morgan fingerprint density at radius 2 is 1.44 bits per heavy atom. The number of hydrogen-bond donors (Lipinski definition) is 1. The van der Waals surface area contributed by atoms with Crippen LogP contribution in [0.5, 0.6) is 0 Å². The summed E-state index contributed by atoms with van der Waals surface area (Å²) in [5.74, 6) is 0. The van der Waals surface area contributed by atoms with Crippen LogP contribution < -0.4 is 9.51 Å². The summed E-state index contributed by atoms with van der Waals surface area (Å²) in [6.07, 6.45) is 3.25. The third-order valence-corrected chi connectivity index (χ3v) is 3.34. The van der Waals surface area contributed by atoms with Gasteiger partial charge < -0.3 is 0 Å². The normalized spacial score (nSPS) is 11.0. The van der Waals surface area contributed by atoms with E-state index in [1.165, 1.54) is 4.68 Å². The molecule has 82 valence electrons. The molecule has 0 aliphatic rings. The third kappa shape index (κ3) is 2.38. The molecule has 5 heteroatoms. The highest BCUT2D eigenvalue weighted by Crippen LogP contribution is 2.06. The van der Waals surface area contributed by atoms with Crippen LogP contribution in [0.25, 0.3) is 0 Å². The Morgan fingerprint density at radius 3 is 2.06 bits per heavy atom. The maximum Gasteiger partial charge on any atom is 0.306 e. The molecule has 0 bridgehead atoms. The molecule has 0 fully saturated rings. The highest BCUT2D eigenvalue weighted by atomic mass is 32.2. The zero-order chi connectivity index (χ0) is 11.4. The number of benzene rings is 1. The fraction of sp³-hybridized carbons (Fsp3) is 0. The van der Waals surface area contributed by atoms with Gasteiger partial charge in [0.25, 0.3) is 0 Å². The Morgan fingerprint density at radius 1 is 0.875 bits per heavy atom. The van der Waals surface area contributed by atoms with Crippen LogP contribution in [0.3, 0.4) is 0 Å². The van der Waals surface area contributed by atoms with E-state index in [1.54, 1.807) is 54.9 Å². The second-order valence-electron chi connectivity index (χ2n) is 3.19. The molecule has 0 spiro atoms. The van der Waals surface area contributed by atoms with Crippen molar-refractivity contribution in [2.75, 3.05) is 4.83 Å². The summed E-state index contributed by atoms with van der Waals surface area (Å²) in [5.41, 5.74) is 0. The maximum atomic E-state index is 11.9. The summed E-state index contributed by atoms with van der Waals surface area (Å²) < 4.78 is 25.1. The third-order valence-electron chi connectivity index (χ3n) is 1.99. The van der Waals surface area contributed by atoms with Gasteiger partial charge >= 0.3 is 10.0 Å². The van der Waals surface area contributed by atoms with Crippen molar-refractivity contribution in [3.8, 4) is 0 Å². The standard InChI is InChI=1S/C11H11N2O2S/c14-16(15,11-7-3-1-4-8-11)12-13-9-5-2-6-10-13/h1-10,12H/q+1. The Kier molecular flexibility index (Phi) is 2.87. The summed E-state index contributed by atoms with van der Waals surface area (Å²) >= 11 is 0.